The molecule has 0 aliphatic carbocycles. The van der Waals surface area contributed by atoms with Gasteiger partial charge in [0.25, 0.3) is 0 Å². The van der Waals surface area contributed by atoms with Crippen LogP contribution in [0.2, 0.25) is 0 Å². The van der Waals surface area contributed by atoms with E-state index in [-0.39, 0.29) is 0 Å². The van der Waals surface area contributed by atoms with E-state index in [4.69, 9.17) is 5.26 Å². The van der Waals surface area contributed by atoms with Crippen molar-refractivity contribution in [3.63, 3.8) is 0 Å². The summed E-state index contributed by atoms with van der Waals surface area (Å²) in [7, 11) is 0. The Morgan fingerprint density at radius 1 is 0.947 bits per heavy atom. The van der Waals surface area contributed by atoms with Gasteiger partial charge in [0.15, 0.2) is 0 Å². The first-order valence-corrected chi connectivity index (χ1v) is 8.59. The van der Waals surface area contributed by atoms with Crippen LogP contribution in [0.3, 0.4) is 0 Å². The average Bonchev–Trinajstić information content (AvgIpc) is 2.46. The number of benzene rings is 1. The van der Waals surface area contributed by atoms with E-state index >= 15 is 0 Å². The van der Waals surface area contributed by atoms with Gasteiger partial charge in [0.05, 0.1) is 11.6 Å². The number of unbranched alkanes of at least 4 members (excludes halogenated alkanes) is 6. The van der Waals surface area contributed by atoms with Crippen LogP contribution in [0.15, 0.2) is 24.3 Å². The molecule has 0 saturated heterocycles. The Hall–Kier alpha value is -0.940. The van der Waals surface area contributed by atoms with E-state index in [0.29, 0.717) is 0 Å². The molecule has 1 aromatic carbocycles. The Kier molecular flexibility index (Phi) is 9.27. The normalized spacial score (nSPS) is 10.3. The highest BCUT2D eigenvalue weighted by molar-refractivity contribution is 7.98. The lowest BCUT2D eigenvalue weighted by Gasteiger charge is -2.03. The third-order valence-corrected chi connectivity index (χ3v) is 4.36. The summed E-state index contributed by atoms with van der Waals surface area (Å²) in [6, 6.07) is 10.1. The standard InChI is InChI=1S/C17H25NS/c1-2-3-4-5-6-7-8-13-19-15-17-11-9-16(14-18)10-12-17/h9-12H,2-8,13,15H2,1H3. The van der Waals surface area contributed by atoms with Crippen molar-refractivity contribution in [2.45, 2.75) is 57.6 Å². The molecule has 0 amide bonds. The predicted octanol–water partition coefficient (Wildman–Crippen LogP) is 5.54. The molecule has 0 bridgehead atoms. The fourth-order valence-corrected chi connectivity index (χ4v) is 3.01. The number of hydrogen-bond acceptors (Lipinski definition) is 2. The van der Waals surface area contributed by atoms with Crippen LogP contribution < -0.4 is 0 Å². The number of nitrogens with zero attached hydrogens (tertiary/aromatic N) is 1. The predicted molar refractivity (Wildman–Crippen MR) is 85.3 cm³/mol. The van der Waals surface area contributed by atoms with Gasteiger partial charge in [0, 0.05) is 5.75 Å². The maximum absolute atomic E-state index is 8.72. The molecule has 0 aromatic heterocycles. The molecule has 19 heavy (non-hydrogen) atoms. The van der Waals surface area contributed by atoms with E-state index in [0.717, 1.165) is 11.3 Å². The molecule has 0 fully saturated rings. The summed E-state index contributed by atoms with van der Waals surface area (Å²) >= 11 is 2.01. The highest BCUT2D eigenvalue weighted by atomic mass is 32.2. The molecule has 0 atom stereocenters. The lowest BCUT2D eigenvalue weighted by Crippen LogP contribution is -1.86. The third-order valence-electron chi connectivity index (χ3n) is 3.24. The van der Waals surface area contributed by atoms with Crippen molar-refractivity contribution < 1.29 is 0 Å². The van der Waals surface area contributed by atoms with Crippen molar-refractivity contribution in [1.29, 1.82) is 5.26 Å². The smallest absolute Gasteiger partial charge is 0.0991 e. The molecule has 1 aromatic rings. The zero-order valence-corrected chi connectivity index (χ0v) is 12.8. The lowest BCUT2D eigenvalue weighted by molar-refractivity contribution is 0.603. The Morgan fingerprint density at radius 3 is 2.21 bits per heavy atom. The van der Waals surface area contributed by atoms with Crippen LogP contribution in [0, 0.1) is 11.3 Å². The quantitative estimate of drug-likeness (QED) is 0.523. The summed E-state index contributed by atoms with van der Waals surface area (Å²) in [6.07, 6.45) is 9.67. The van der Waals surface area contributed by atoms with Crippen LogP contribution in [-0.2, 0) is 5.75 Å². The molecule has 0 aliphatic rings. The van der Waals surface area contributed by atoms with Crippen LogP contribution >= 0.6 is 11.8 Å². The van der Waals surface area contributed by atoms with Crippen molar-refractivity contribution in [2.75, 3.05) is 5.75 Å². The van der Waals surface area contributed by atoms with Crippen molar-refractivity contribution in [2.24, 2.45) is 0 Å². The number of rotatable bonds is 10. The molecule has 1 nitrogen and oxygen atoms in total. The summed E-state index contributed by atoms with van der Waals surface area (Å²) in [5.41, 5.74) is 2.08. The van der Waals surface area contributed by atoms with E-state index in [2.05, 4.69) is 25.1 Å². The van der Waals surface area contributed by atoms with E-state index < -0.39 is 0 Å². The minimum atomic E-state index is 0.751. The molecule has 0 heterocycles. The molecule has 2 heteroatoms. The molecule has 0 radical (unpaired) electrons. The van der Waals surface area contributed by atoms with Gasteiger partial charge in [0.2, 0.25) is 0 Å². The Bertz CT molecular complexity index is 364. The fraction of sp³-hybridized carbons (Fsp3) is 0.588. The summed E-state index contributed by atoms with van der Waals surface area (Å²) in [5.74, 6) is 2.33. The van der Waals surface area contributed by atoms with E-state index in [1.54, 1.807) is 0 Å². The highest BCUT2D eigenvalue weighted by Crippen LogP contribution is 2.16. The van der Waals surface area contributed by atoms with Gasteiger partial charge < -0.3 is 0 Å². The van der Waals surface area contributed by atoms with Gasteiger partial charge in [-0.05, 0) is 29.9 Å². The number of nitriles is 1. The number of thioether (sulfide) groups is 1. The second-order valence-electron chi connectivity index (χ2n) is 4.98. The molecule has 0 saturated carbocycles. The minimum absolute atomic E-state index is 0.751. The topological polar surface area (TPSA) is 23.8 Å². The van der Waals surface area contributed by atoms with E-state index in [9.17, 15) is 0 Å². The monoisotopic (exact) mass is 275 g/mol. The summed E-state index contributed by atoms with van der Waals surface area (Å²) in [4.78, 5) is 0. The largest absolute Gasteiger partial charge is 0.192 e. The van der Waals surface area contributed by atoms with Gasteiger partial charge in [-0.1, -0.05) is 57.6 Å². The lowest BCUT2D eigenvalue weighted by atomic mass is 10.1. The SMILES string of the molecule is CCCCCCCCCSCc1ccc(C#N)cc1. The third kappa shape index (κ3) is 7.95. The number of hydrogen-bond donors (Lipinski definition) is 0. The zero-order valence-electron chi connectivity index (χ0n) is 12.0. The first kappa shape index (κ1) is 16.1. The van der Waals surface area contributed by atoms with Crippen LogP contribution in [0.1, 0.15) is 63.0 Å². The molecule has 0 unspecified atom stereocenters. The fourth-order valence-electron chi connectivity index (χ4n) is 2.03. The minimum Gasteiger partial charge on any atom is -0.192 e. The van der Waals surface area contributed by atoms with E-state index in [1.165, 1.54) is 56.3 Å². The van der Waals surface area contributed by atoms with Gasteiger partial charge >= 0.3 is 0 Å². The second-order valence-corrected chi connectivity index (χ2v) is 6.09. The summed E-state index contributed by atoms with van der Waals surface area (Å²) < 4.78 is 0. The Balaban J connectivity index is 1.97. The molecule has 0 aliphatic heterocycles. The van der Waals surface area contributed by atoms with Gasteiger partial charge in [-0.2, -0.15) is 17.0 Å². The van der Waals surface area contributed by atoms with Crippen molar-refractivity contribution in [3.05, 3.63) is 35.4 Å². The van der Waals surface area contributed by atoms with E-state index in [1.807, 2.05) is 23.9 Å². The van der Waals surface area contributed by atoms with Crippen LogP contribution in [0.4, 0.5) is 0 Å². The van der Waals surface area contributed by atoms with Crippen molar-refractivity contribution in [3.8, 4) is 6.07 Å². The van der Waals surface area contributed by atoms with Crippen LogP contribution in [0.25, 0.3) is 0 Å². The second kappa shape index (κ2) is 10.9. The van der Waals surface area contributed by atoms with Gasteiger partial charge in [0.1, 0.15) is 0 Å². The average molecular weight is 275 g/mol. The van der Waals surface area contributed by atoms with Crippen LogP contribution in [-0.4, -0.2) is 5.75 Å². The Labute approximate surface area is 122 Å². The first-order valence-electron chi connectivity index (χ1n) is 7.43. The molecule has 1 rings (SSSR count). The Morgan fingerprint density at radius 2 is 1.58 bits per heavy atom. The molecular formula is C17H25NS. The summed E-state index contributed by atoms with van der Waals surface area (Å²) in [6.45, 7) is 2.26. The van der Waals surface area contributed by atoms with Crippen molar-refractivity contribution in [1.82, 2.24) is 0 Å². The van der Waals surface area contributed by atoms with Gasteiger partial charge in [-0.15, -0.1) is 0 Å². The van der Waals surface area contributed by atoms with Crippen molar-refractivity contribution >= 4 is 11.8 Å². The first-order chi connectivity index (χ1) is 9.36. The highest BCUT2D eigenvalue weighted by Gasteiger charge is 1.95. The molecule has 104 valence electrons. The molecule has 0 spiro atoms. The zero-order chi connectivity index (χ0) is 13.8. The van der Waals surface area contributed by atoms with Gasteiger partial charge in [-0.25, -0.2) is 0 Å². The maximum atomic E-state index is 8.72. The van der Waals surface area contributed by atoms with Gasteiger partial charge in [-0.3, -0.25) is 0 Å². The maximum Gasteiger partial charge on any atom is 0.0991 e. The molecular weight excluding hydrogens is 250 g/mol. The van der Waals surface area contributed by atoms with Crippen LogP contribution in [0.5, 0.6) is 0 Å². The summed E-state index contributed by atoms with van der Waals surface area (Å²) in [5, 5.41) is 8.72. The molecule has 0 N–H and O–H groups in total.